The highest BCUT2D eigenvalue weighted by molar-refractivity contribution is 5.97. The highest BCUT2D eigenvalue weighted by Crippen LogP contribution is 2.13. The van der Waals surface area contributed by atoms with Crippen LogP contribution in [0.3, 0.4) is 0 Å². The maximum Gasteiger partial charge on any atom is 0.243 e. The normalized spacial score (nSPS) is 9.94. The van der Waals surface area contributed by atoms with Crippen LogP contribution in [0.4, 0.5) is 0 Å². The van der Waals surface area contributed by atoms with Gasteiger partial charge in [0.05, 0.1) is 7.11 Å². The molecule has 0 fully saturated rings. The fourth-order valence-corrected chi connectivity index (χ4v) is 1.44. The lowest BCUT2D eigenvalue weighted by Crippen LogP contribution is -2.09. The van der Waals surface area contributed by atoms with Gasteiger partial charge < -0.3 is 4.74 Å². The van der Waals surface area contributed by atoms with Crippen LogP contribution in [0.5, 0.6) is 5.88 Å². The van der Waals surface area contributed by atoms with Crippen molar-refractivity contribution >= 4 is 5.78 Å². The highest BCUT2D eigenvalue weighted by Gasteiger charge is 2.15. The van der Waals surface area contributed by atoms with Gasteiger partial charge in [-0.15, -0.1) is 0 Å². The zero-order valence-corrected chi connectivity index (χ0v) is 9.33. The summed E-state index contributed by atoms with van der Waals surface area (Å²) in [5.41, 5.74) is 1.09. The van der Waals surface area contributed by atoms with Gasteiger partial charge in [-0.05, 0) is 11.6 Å². The van der Waals surface area contributed by atoms with Gasteiger partial charge in [-0.25, -0.2) is 9.97 Å². The van der Waals surface area contributed by atoms with Crippen LogP contribution in [-0.2, 0) is 6.42 Å². The molecule has 5 nitrogen and oxygen atoms in total. The van der Waals surface area contributed by atoms with E-state index in [0.717, 1.165) is 5.56 Å². The second-order valence-corrected chi connectivity index (χ2v) is 3.38. The van der Waals surface area contributed by atoms with Crippen molar-refractivity contribution in [3.63, 3.8) is 0 Å². The van der Waals surface area contributed by atoms with E-state index in [2.05, 4.69) is 15.0 Å². The molecule has 0 aliphatic carbocycles. The number of hydrogen-bond acceptors (Lipinski definition) is 5. The zero-order chi connectivity index (χ0) is 12.1. The molecule has 2 aromatic heterocycles. The Morgan fingerprint density at radius 2 is 2.12 bits per heavy atom. The Morgan fingerprint density at radius 3 is 2.82 bits per heavy atom. The molecular formula is C12H11N3O2. The number of carbonyl (C=O) groups is 1. The quantitative estimate of drug-likeness (QED) is 0.739. The maximum absolute atomic E-state index is 12.0. The second-order valence-electron chi connectivity index (χ2n) is 3.38. The Bertz CT molecular complexity index is 514. The Kier molecular flexibility index (Phi) is 3.40. The largest absolute Gasteiger partial charge is 0.479 e. The van der Waals surface area contributed by atoms with Gasteiger partial charge in [-0.2, -0.15) is 0 Å². The highest BCUT2D eigenvalue weighted by atomic mass is 16.5. The minimum atomic E-state index is -0.136. The standard InChI is InChI=1S/C12H11N3O2/c1-17-12-11(14-5-6-15-12)10(16)7-9-3-2-4-13-8-9/h2-6,8H,7H2,1H3. The molecule has 0 aliphatic heterocycles. The van der Waals surface area contributed by atoms with Crippen molar-refractivity contribution < 1.29 is 9.53 Å². The molecule has 2 aromatic rings. The summed E-state index contributed by atoms with van der Waals surface area (Å²) in [6.45, 7) is 0. The Labute approximate surface area is 98.5 Å². The van der Waals surface area contributed by atoms with Crippen molar-refractivity contribution in [2.45, 2.75) is 6.42 Å². The summed E-state index contributed by atoms with van der Waals surface area (Å²) in [5, 5.41) is 0. The first-order valence-corrected chi connectivity index (χ1v) is 5.08. The van der Waals surface area contributed by atoms with E-state index in [0.29, 0.717) is 0 Å². The summed E-state index contributed by atoms with van der Waals surface area (Å²) in [4.78, 5) is 23.9. The summed E-state index contributed by atoms with van der Waals surface area (Å²) >= 11 is 0. The summed E-state index contributed by atoms with van der Waals surface area (Å²) in [6.07, 6.45) is 6.51. The molecule has 0 aliphatic rings. The van der Waals surface area contributed by atoms with Crippen molar-refractivity contribution in [2.75, 3.05) is 7.11 Å². The monoisotopic (exact) mass is 229 g/mol. The molecule has 0 atom stereocenters. The molecule has 17 heavy (non-hydrogen) atoms. The molecule has 2 heterocycles. The van der Waals surface area contributed by atoms with Crippen molar-refractivity contribution in [2.24, 2.45) is 0 Å². The van der Waals surface area contributed by atoms with Crippen LogP contribution < -0.4 is 4.74 Å². The van der Waals surface area contributed by atoms with Crippen LogP contribution in [0.25, 0.3) is 0 Å². The van der Waals surface area contributed by atoms with Crippen LogP contribution >= 0.6 is 0 Å². The third kappa shape index (κ3) is 2.63. The predicted octanol–water partition coefficient (Wildman–Crippen LogP) is 1.31. The molecule has 0 bridgehead atoms. The Balaban J connectivity index is 2.20. The van der Waals surface area contributed by atoms with Crippen LogP contribution in [0.1, 0.15) is 16.1 Å². The van der Waals surface area contributed by atoms with Gasteiger partial charge in [0.25, 0.3) is 0 Å². The lowest BCUT2D eigenvalue weighted by atomic mass is 10.1. The smallest absolute Gasteiger partial charge is 0.243 e. The number of methoxy groups -OCH3 is 1. The third-order valence-corrected chi connectivity index (χ3v) is 2.21. The third-order valence-electron chi connectivity index (χ3n) is 2.21. The molecule has 0 N–H and O–H groups in total. The first kappa shape index (κ1) is 11.2. The van der Waals surface area contributed by atoms with E-state index in [1.807, 2.05) is 6.07 Å². The number of rotatable bonds is 4. The molecule has 0 amide bonds. The number of hydrogen-bond donors (Lipinski definition) is 0. The number of nitrogens with zero attached hydrogens (tertiary/aromatic N) is 3. The van der Waals surface area contributed by atoms with Gasteiger partial charge in [-0.1, -0.05) is 6.07 Å². The van der Waals surface area contributed by atoms with E-state index in [1.165, 1.54) is 19.5 Å². The molecule has 0 saturated heterocycles. The fourth-order valence-electron chi connectivity index (χ4n) is 1.44. The van der Waals surface area contributed by atoms with Gasteiger partial charge in [0.15, 0.2) is 11.5 Å². The molecule has 0 spiro atoms. The van der Waals surface area contributed by atoms with Gasteiger partial charge in [0.2, 0.25) is 5.88 Å². The van der Waals surface area contributed by atoms with Gasteiger partial charge >= 0.3 is 0 Å². The van der Waals surface area contributed by atoms with E-state index in [1.54, 1.807) is 18.5 Å². The summed E-state index contributed by atoms with van der Waals surface area (Å²) < 4.78 is 4.99. The van der Waals surface area contributed by atoms with E-state index < -0.39 is 0 Å². The van der Waals surface area contributed by atoms with Gasteiger partial charge in [-0.3, -0.25) is 9.78 Å². The second kappa shape index (κ2) is 5.16. The van der Waals surface area contributed by atoms with E-state index in [9.17, 15) is 4.79 Å². The topological polar surface area (TPSA) is 65.0 Å². The van der Waals surface area contributed by atoms with Crippen LogP contribution in [-0.4, -0.2) is 27.8 Å². The SMILES string of the molecule is COc1nccnc1C(=O)Cc1cccnc1. The number of Topliss-reactive ketones (excluding diaryl/α,β-unsaturated/α-hetero) is 1. The van der Waals surface area contributed by atoms with Crippen LogP contribution in [0.15, 0.2) is 36.9 Å². The molecule has 0 aromatic carbocycles. The Hall–Kier alpha value is -2.30. The van der Waals surface area contributed by atoms with Crippen molar-refractivity contribution in [1.82, 2.24) is 15.0 Å². The molecule has 0 unspecified atom stereocenters. The minimum absolute atomic E-state index is 0.136. The minimum Gasteiger partial charge on any atom is -0.479 e. The molecule has 2 rings (SSSR count). The Morgan fingerprint density at radius 1 is 1.29 bits per heavy atom. The van der Waals surface area contributed by atoms with Crippen LogP contribution in [0, 0.1) is 0 Å². The lowest BCUT2D eigenvalue weighted by molar-refractivity contribution is 0.0984. The molecule has 5 heteroatoms. The van der Waals surface area contributed by atoms with Crippen LogP contribution in [0.2, 0.25) is 0 Å². The first-order valence-electron chi connectivity index (χ1n) is 5.08. The average molecular weight is 229 g/mol. The van der Waals surface area contributed by atoms with Gasteiger partial charge in [0, 0.05) is 31.2 Å². The number of carbonyl (C=O) groups excluding carboxylic acids is 1. The maximum atomic E-state index is 12.0. The van der Waals surface area contributed by atoms with Crippen molar-refractivity contribution in [1.29, 1.82) is 0 Å². The fraction of sp³-hybridized carbons (Fsp3) is 0.167. The predicted molar refractivity (Wildman–Crippen MR) is 60.9 cm³/mol. The van der Waals surface area contributed by atoms with E-state index in [-0.39, 0.29) is 23.8 Å². The number of aromatic nitrogens is 3. The molecular weight excluding hydrogens is 218 g/mol. The summed E-state index contributed by atoms with van der Waals surface area (Å²) in [6, 6.07) is 3.63. The average Bonchev–Trinajstić information content (AvgIpc) is 2.40. The lowest BCUT2D eigenvalue weighted by Gasteiger charge is -2.04. The van der Waals surface area contributed by atoms with Gasteiger partial charge in [0.1, 0.15) is 0 Å². The number of pyridine rings is 1. The van der Waals surface area contributed by atoms with Crippen molar-refractivity contribution in [3.05, 3.63) is 48.2 Å². The van der Waals surface area contributed by atoms with E-state index in [4.69, 9.17) is 4.74 Å². The number of ether oxygens (including phenoxy) is 1. The first-order chi connectivity index (χ1) is 8.31. The zero-order valence-electron chi connectivity index (χ0n) is 9.33. The summed E-state index contributed by atoms with van der Waals surface area (Å²) in [7, 11) is 1.46. The van der Waals surface area contributed by atoms with Crippen molar-refractivity contribution in [3.8, 4) is 5.88 Å². The summed E-state index contributed by atoms with van der Waals surface area (Å²) in [5.74, 6) is 0.115. The number of ketones is 1. The molecule has 0 saturated carbocycles. The van der Waals surface area contributed by atoms with E-state index >= 15 is 0 Å². The molecule has 0 radical (unpaired) electrons. The molecule has 86 valence electrons.